The zero-order valence-corrected chi connectivity index (χ0v) is 19.7. The first-order valence-corrected chi connectivity index (χ1v) is 11.6. The summed E-state index contributed by atoms with van der Waals surface area (Å²) in [4.78, 5) is 12.7. The maximum Gasteiger partial charge on any atom is 0.330 e. The number of benzene rings is 2. The number of likely N-dealkylation sites (tertiary alicyclic amines) is 1. The first-order chi connectivity index (χ1) is 16.2. The van der Waals surface area contributed by atoms with E-state index in [9.17, 15) is 4.79 Å². The van der Waals surface area contributed by atoms with Gasteiger partial charge in [0.15, 0.2) is 0 Å². The van der Waals surface area contributed by atoms with Crippen molar-refractivity contribution in [2.75, 3.05) is 20.2 Å². The van der Waals surface area contributed by atoms with Crippen molar-refractivity contribution in [1.82, 2.24) is 19.9 Å². The van der Waals surface area contributed by atoms with Crippen LogP contribution in [0.4, 0.5) is 0 Å². The van der Waals surface area contributed by atoms with Crippen LogP contribution in [-0.2, 0) is 29.0 Å². The second-order valence-corrected chi connectivity index (χ2v) is 8.16. The fourth-order valence-corrected chi connectivity index (χ4v) is 3.79. The lowest BCUT2D eigenvalue weighted by atomic mass is 10.1. The zero-order chi connectivity index (χ0) is 23.3. The Morgan fingerprint density at radius 3 is 2.36 bits per heavy atom. The molecule has 4 rings (SSSR count). The van der Waals surface area contributed by atoms with Gasteiger partial charge in [0.2, 0.25) is 0 Å². The minimum absolute atomic E-state index is 0.303. The topological polar surface area (TPSA) is 60.2 Å². The second-order valence-electron chi connectivity index (χ2n) is 8.16. The molecule has 1 aromatic heterocycles. The summed E-state index contributed by atoms with van der Waals surface area (Å²) in [5.74, 6) is -0.303. The van der Waals surface area contributed by atoms with Crippen LogP contribution in [0.2, 0.25) is 0 Å². The Labute approximate surface area is 196 Å². The Morgan fingerprint density at radius 2 is 1.73 bits per heavy atom. The summed E-state index contributed by atoms with van der Waals surface area (Å²) >= 11 is 0. The van der Waals surface area contributed by atoms with Crippen LogP contribution in [0.5, 0.6) is 0 Å². The summed E-state index contributed by atoms with van der Waals surface area (Å²) in [6.07, 6.45) is 10.1. The van der Waals surface area contributed by atoms with Crippen LogP contribution in [0.3, 0.4) is 0 Å². The number of aromatic nitrogens is 3. The number of esters is 1. The Hall–Kier alpha value is -3.25. The fraction of sp³-hybridized carbons (Fsp3) is 0.370. The number of ether oxygens (including phenoxy) is 1. The molecule has 0 amide bonds. The van der Waals surface area contributed by atoms with Crippen LogP contribution in [0.25, 0.3) is 11.3 Å². The minimum Gasteiger partial charge on any atom is -0.466 e. The molecule has 0 bridgehead atoms. The lowest BCUT2D eigenvalue weighted by Crippen LogP contribution is -2.28. The Morgan fingerprint density at radius 1 is 1.00 bits per heavy atom. The molecule has 0 spiro atoms. The maximum atomic E-state index is 10.1. The van der Waals surface area contributed by atoms with Gasteiger partial charge in [-0.05, 0) is 50.4 Å². The van der Waals surface area contributed by atoms with Crippen molar-refractivity contribution >= 4 is 5.97 Å². The minimum atomic E-state index is -0.303. The van der Waals surface area contributed by atoms with Crippen molar-refractivity contribution in [2.24, 2.45) is 0 Å². The summed E-state index contributed by atoms with van der Waals surface area (Å²) in [6, 6.07) is 19.3. The predicted octanol–water partition coefficient (Wildman–Crippen LogP) is 4.91. The van der Waals surface area contributed by atoms with E-state index in [-0.39, 0.29) is 5.97 Å². The van der Waals surface area contributed by atoms with E-state index in [4.69, 9.17) is 0 Å². The largest absolute Gasteiger partial charge is 0.466 e. The molecule has 1 fully saturated rings. The molecule has 0 atom stereocenters. The van der Waals surface area contributed by atoms with E-state index in [1.54, 1.807) is 13.0 Å². The van der Waals surface area contributed by atoms with Crippen molar-refractivity contribution in [1.29, 1.82) is 0 Å². The zero-order valence-electron chi connectivity index (χ0n) is 19.7. The van der Waals surface area contributed by atoms with Gasteiger partial charge in [-0.3, -0.25) is 9.58 Å². The quantitative estimate of drug-likeness (QED) is 0.381. The highest BCUT2D eigenvalue weighted by Crippen LogP contribution is 2.19. The van der Waals surface area contributed by atoms with Gasteiger partial charge in [0, 0.05) is 24.7 Å². The third kappa shape index (κ3) is 8.31. The van der Waals surface area contributed by atoms with Gasteiger partial charge in [0.25, 0.3) is 0 Å². The smallest absolute Gasteiger partial charge is 0.330 e. The van der Waals surface area contributed by atoms with E-state index in [1.165, 1.54) is 56.7 Å². The number of carbonyl (C=O) groups excluding carboxylic acids is 1. The van der Waals surface area contributed by atoms with Crippen LogP contribution in [0.1, 0.15) is 37.3 Å². The molecule has 1 saturated heterocycles. The molecule has 2 aromatic carbocycles. The van der Waals surface area contributed by atoms with Crippen LogP contribution in [0.15, 0.2) is 72.9 Å². The molecular formula is C27H34N4O2. The summed E-state index contributed by atoms with van der Waals surface area (Å²) < 4.78 is 6.20. The van der Waals surface area contributed by atoms with E-state index < -0.39 is 0 Å². The summed E-state index contributed by atoms with van der Waals surface area (Å²) in [6.45, 7) is 6.14. The summed E-state index contributed by atoms with van der Waals surface area (Å²) in [5.41, 5.74) is 4.79. The number of aryl methyl sites for hydroxylation is 2. The lowest BCUT2D eigenvalue weighted by molar-refractivity contribution is -0.134. The molecule has 174 valence electrons. The van der Waals surface area contributed by atoms with E-state index >= 15 is 0 Å². The summed E-state index contributed by atoms with van der Waals surface area (Å²) in [5, 5.41) is 8.63. The van der Waals surface area contributed by atoms with Gasteiger partial charge in [0.1, 0.15) is 5.69 Å². The Kier molecular flexibility index (Phi) is 9.86. The van der Waals surface area contributed by atoms with Crippen LogP contribution < -0.4 is 0 Å². The number of piperidine rings is 1. The van der Waals surface area contributed by atoms with E-state index in [0.29, 0.717) is 0 Å². The molecule has 2 heterocycles. The van der Waals surface area contributed by atoms with Crippen molar-refractivity contribution in [3.8, 4) is 11.3 Å². The van der Waals surface area contributed by atoms with Gasteiger partial charge in [-0.2, -0.15) is 0 Å². The van der Waals surface area contributed by atoms with Crippen LogP contribution in [-0.4, -0.2) is 46.1 Å². The van der Waals surface area contributed by atoms with Crippen molar-refractivity contribution in [2.45, 2.75) is 45.7 Å². The first kappa shape index (κ1) is 24.4. The molecule has 33 heavy (non-hydrogen) atoms. The van der Waals surface area contributed by atoms with Gasteiger partial charge in [-0.15, -0.1) is 5.10 Å². The van der Waals surface area contributed by atoms with E-state index in [1.807, 2.05) is 16.9 Å². The van der Waals surface area contributed by atoms with Gasteiger partial charge >= 0.3 is 5.97 Å². The molecule has 0 aliphatic carbocycles. The highest BCUT2D eigenvalue weighted by molar-refractivity contribution is 5.81. The lowest BCUT2D eigenvalue weighted by Gasteiger charge is -2.26. The molecule has 1 aliphatic rings. The van der Waals surface area contributed by atoms with E-state index in [0.717, 1.165) is 30.8 Å². The highest BCUT2D eigenvalue weighted by Gasteiger charge is 2.11. The van der Waals surface area contributed by atoms with Crippen molar-refractivity contribution in [3.05, 3.63) is 84.1 Å². The number of hydrogen-bond donors (Lipinski definition) is 0. The summed E-state index contributed by atoms with van der Waals surface area (Å²) in [7, 11) is 1.35. The molecule has 0 radical (unpaired) electrons. The average Bonchev–Trinajstić information content (AvgIpc) is 3.34. The number of hydrogen-bond acceptors (Lipinski definition) is 5. The van der Waals surface area contributed by atoms with Crippen LogP contribution in [0, 0.1) is 0 Å². The molecule has 0 saturated carbocycles. The fourth-order valence-electron chi connectivity index (χ4n) is 3.79. The Balaban J connectivity index is 0.000000383. The van der Waals surface area contributed by atoms with Gasteiger partial charge in [-0.1, -0.05) is 72.3 Å². The molecular weight excluding hydrogens is 412 g/mol. The first-order valence-electron chi connectivity index (χ1n) is 11.6. The monoisotopic (exact) mass is 446 g/mol. The predicted molar refractivity (Wildman–Crippen MR) is 132 cm³/mol. The number of carbonyl (C=O) groups is 1. The maximum absolute atomic E-state index is 10.1. The molecule has 0 unspecified atom stereocenters. The molecule has 3 aromatic rings. The number of methoxy groups -OCH3 is 1. The number of rotatable bonds is 7. The van der Waals surface area contributed by atoms with Crippen molar-refractivity contribution < 1.29 is 9.53 Å². The molecule has 1 aliphatic heterocycles. The van der Waals surface area contributed by atoms with E-state index in [2.05, 4.69) is 68.5 Å². The highest BCUT2D eigenvalue weighted by atomic mass is 16.5. The second kappa shape index (κ2) is 13.3. The normalized spacial score (nSPS) is 14.0. The number of allylic oxidation sites excluding steroid dienone is 1. The third-order valence-corrected chi connectivity index (χ3v) is 5.62. The molecule has 6 nitrogen and oxygen atoms in total. The van der Waals surface area contributed by atoms with Gasteiger partial charge in [-0.25, -0.2) is 4.79 Å². The van der Waals surface area contributed by atoms with Gasteiger partial charge in [0.05, 0.1) is 13.3 Å². The van der Waals surface area contributed by atoms with Crippen molar-refractivity contribution in [3.63, 3.8) is 0 Å². The SMILES string of the molecule is C/C=C/C(=O)OC.c1ccc(CCn2cc(-c3ccc(CN4CCCCC4)cc3)nn2)cc1. The average molecular weight is 447 g/mol. The molecule has 0 N–H and O–H groups in total. The number of nitrogens with zero attached hydrogens (tertiary/aromatic N) is 4. The van der Waals surface area contributed by atoms with Crippen LogP contribution >= 0.6 is 0 Å². The standard InChI is InChI=1S/C22H26N4.C5H8O2/c1-3-7-19(8-4-1)13-16-26-18-22(23-24-26)21-11-9-20(10-12-21)17-25-14-5-2-6-15-25;1-3-4-5(6)7-2/h1,3-4,7-12,18H,2,5-6,13-17H2;3-4H,1-2H3/b;4-3+. The molecule has 6 heteroatoms. The van der Waals surface area contributed by atoms with Gasteiger partial charge < -0.3 is 4.74 Å². The third-order valence-electron chi connectivity index (χ3n) is 5.62. The Bertz CT molecular complexity index is 990.